The average Bonchev–Trinajstić information content (AvgIpc) is 2.78. The van der Waals surface area contributed by atoms with Gasteiger partial charge in [-0.2, -0.15) is 0 Å². The van der Waals surface area contributed by atoms with E-state index < -0.39 is 10.0 Å². The maximum absolute atomic E-state index is 11.5. The molecular formula is C9H19ClN2O2S. The normalized spacial score (nSPS) is 26.3. The third-order valence-corrected chi connectivity index (χ3v) is 4.38. The first-order valence-electron chi connectivity index (χ1n) is 5.36. The number of sulfonamides is 1. The Bertz CT molecular complexity index is 284. The predicted molar refractivity (Wildman–Crippen MR) is 62.8 cm³/mol. The van der Waals surface area contributed by atoms with Crippen molar-refractivity contribution >= 4 is 22.4 Å². The van der Waals surface area contributed by atoms with Gasteiger partial charge < -0.3 is 5.32 Å². The van der Waals surface area contributed by atoms with Gasteiger partial charge >= 0.3 is 0 Å². The number of hydrogen-bond acceptors (Lipinski definition) is 3. The first kappa shape index (κ1) is 13.2. The van der Waals surface area contributed by atoms with Crippen molar-refractivity contribution in [1.82, 2.24) is 10.0 Å². The summed E-state index contributed by atoms with van der Waals surface area (Å²) in [6.07, 6.45) is 4.42. The Morgan fingerprint density at radius 2 is 2.00 bits per heavy atom. The van der Waals surface area contributed by atoms with Crippen molar-refractivity contribution in [2.75, 3.05) is 18.8 Å². The molecule has 1 saturated heterocycles. The summed E-state index contributed by atoms with van der Waals surface area (Å²) in [5, 5.41) is 3.27. The molecule has 2 rings (SSSR count). The Labute approximate surface area is 97.7 Å². The summed E-state index contributed by atoms with van der Waals surface area (Å²) in [6.45, 7) is 1.59. The predicted octanol–water partition coefficient (Wildman–Crippen LogP) is 0.490. The van der Waals surface area contributed by atoms with Crippen LogP contribution in [0.4, 0.5) is 0 Å². The molecule has 0 amide bonds. The Kier molecular flexibility index (Phi) is 4.83. The van der Waals surface area contributed by atoms with Crippen LogP contribution in [0.15, 0.2) is 0 Å². The van der Waals surface area contributed by atoms with Gasteiger partial charge in [0.1, 0.15) is 0 Å². The minimum atomic E-state index is -3.00. The second-order valence-electron chi connectivity index (χ2n) is 4.37. The third-order valence-electron chi connectivity index (χ3n) is 2.86. The van der Waals surface area contributed by atoms with Crippen LogP contribution in [0, 0.1) is 5.92 Å². The molecular weight excluding hydrogens is 236 g/mol. The number of nitrogens with one attached hydrogen (secondary N) is 2. The first-order chi connectivity index (χ1) is 6.66. The van der Waals surface area contributed by atoms with Crippen LogP contribution in [0.2, 0.25) is 0 Å². The fraction of sp³-hybridized carbons (Fsp3) is 1.00. The van der Waals surface area contributed by atoms with E-state index in [2.05, 4.69) is 10.0 Å². The Morgan fingerprint density at radius 3 is 2.53 bits per heavy atom. The van der Waals surface area contributed by atoms with E-state index in [0.29, 0.717) is 24.3 Å². The van der Waals surface area contributed by atoms with Crippen molar-refractivity contribution in [3.8, 4) is 0 Å². The van der Waals surface area contributed by atoms with Gasteiger partial charge in [-0.05, 0) is 38.1 Å². The highest BCUT2D eigenvalue weighted by molar-refractivity contribution is 7.89. The van der Waals surface area contributed by atoms with E-state index in [1.807, 2.05) is 0 Å². The molecule has 15 heavy (non-hydrogen) atoms. The van der Waals surface area contributed by atoms with Crippen LogP contribution >= 0.6 is 12.4 Å². The smallest absolute Gasteiger partial charge is 0.211 e. The Morgan fingerprint density at radius 1 is 1.27 bits per heavy atom. The van der Waals surface area contributed by atoms with Crippen molar-refractivity contribution in [2.45, 2.75) is 31.7 Å². The van der Waals surface area contributed by atoms with Crippen molar-refractivity contribution in [3.05, 3.63) is 0 Å². The molecule has 1 aliphatic carbocycles. The van der Waals surface area contributed by atoms with Crippen LogP contribution in [0.5, 0.6) is 0 Å². The minimum absolute atomic E-state index is 0. The first-order valence-corrected chi connectivity index (χ1v) is 7.02. The zero-order chi connectivity index (χ0) is 10.0. The van der Waals surface area contributed by atoms with Crippen LogP contribution in [0.3, 0.4) is 0 Å². The van der Waals surface area contributed by atoms with Gasteiger partial charge in [0.25, 0.3) is 0 Å². The molecule has 2 aliphatic rings. The van der Waals surface area contributed by atoms with Crippen LogP contribution < -0.4 is 10.0 Å². The molecule has 1 aliphatic heterocycles. The molecule has 0 bridgehead atoms. The van der Waals surface area contributed by atoms with Crippen molar-refractivity contribution in [1.29, 1.82) is 0 Å². The van der Waals surface area contributed by atoms with Gasteiger partial charge in [0.2, 0.25) is 10.0 Å². The van der Waals surface area contributed by atoms with Crippen molar-refractivity contribution in [3.63, 3.8) is 0 Å². The molecule has 2 fully saturated rings. The van der Waals surface area contributed by atoms with Gasteiger partial charge in [-0.15, -0.1) is 12.4 Å². The lowest BCUT2D eigenvalue weighted by atomic mass is 10.2. The molecule has 0 spiro atoms. The summed E-state index contributed by atoms with van der Waals surface area (Å²) in [6, 6.07) is 0.351. The van der Waals surface area contributed by atoms with Gasteiger partial charge in [-0.1, -0.05) is 0 Å². The number of halogens is 1. The summed E-state index contributed by atoms with van der Waals surface area (Å²) in [5.41, 5.74) is 0. The van der Waals surface area contributed by atoms with Crippen LogP contribution in [-0.4, -0.2) is 33.3 Å². The average molecular weight is 255 g/mol. The lowest BCUT2D eigenvalue weighted by Gasteiger charge is -2.11. The number of hydrogen-bond donors (Lipinski definition) is 2. The minimum Gasteiger partial charge on any atom is -0.313 e. The van der Waals surface area contributed by atoms with Crippen molar-refractivity contribution < 1.29 is 8.42 Å². The molecule has 0 radical (unpaired) electrons. The molecule has 90 valence electrons. The SMILES string of the molecule is Cl.O=S(=O)(CC1CC1)NCC1CCCN1. The largest absolute Gasteiger partial charge is 0.313 e. The molecule has 1 atom stereocenters. The standard InChI is InChI=1S/C9H18N2O2S.ClH/c12-14(13,7-8-3-4-8)11-6-9-2-1-5-10-9;/h8-11H,1-7H2;1H. The maximum atomic E-state index is 11.5. The topological polar surface area (TPSA) is 58.2 Å². The van der Waals surface area contributed by atoms with E-state index in [1.54, 1.807) is 0 Å². The lowest BCUT2D eigenvalue weighted by molar-refractivity contribution is 0.549. The summed E-state index contributed by atoms with van der Waals surface area (Å²) >= 11 is 0. The molecule has 0 aromatic rings. The maximum Gasteiger partial charge on any atom is 0.211 e. The molecule has 0 aromatic carbocycles. The van der Waals surface area contributed by atoms with Gasteiger partial charge in [0, 0.05) is 12.6 Å². The van der Waals surface area contributed by atoms with Crippen LogP contribution in [-0.2, 0) is 10.0 Å². The fourth-order valence-electron chi connectivity index (χ4n) is 1.81. The van der Waals surface area contributed by atoms with Crippen LogP contribution in [0.25, 0.3) is 0 Å². The lowest BCUT2D eigenvalue weighted by Crippen LogP contribution is -2.38. The van der Waals surface area contributed by atoms with E-state index in [9.17, 15) is 8.42 Å². The molecule has 1 heterocycles. The zero-order valence-corrected chi connectivity index (χ0v) is 10.4. The molecule has 0 aromatic heterocycles. The van der Waals surface area contributed by atoms with Gasteiger partial charge in [-0.25, -0.2) is 13.1 Å². The monoisotopic (exact) mass is 254 g/mol. The summed E-state index contributed by atoms with van der Waals surface area (Å²) < 4.78 is 25.7. The van der Waals surface area contributed by atoms with E-state index in [0.717, 1.165) is 32.2 Å². The second-order valence-corrected chi connectivity index (χ2v) is 6.22. The van der Waals surface area contributed by atoms with Gasteiger partial charge in [-0.3, -0.25) is 0 Å². The van der Waals surface area contributed by atoms with Crippen molar-refractivity contribution in [2.24, 2.45) is 5.92 Å². The van der Waals surface area contributed by atoms with Gasteiger partial charge in [0.05, 0.1) is 5.75 Å². The highest BCUT2D eigenvalue weighted by Gasteiger charge is 2.28. The Hall–Kier alpha value is 0.160. The van der Waals surface area contributed by atoms with E-state index in [4.69, 9.17) is 0 Å². The summed E-state index contributed by atoms with van der Waals surface area (Å²) in [7, 11) is -3.00. The molecule has 6 heteroatoms. The van der Waals surface area contributed by atoms with E-state index >= 15 is 0 Å². The quantitative estimate of drug-likeness (QED) is 0.751. The Balaban J connectivity index is 0.00000112. The van der Waals surface area contributed by atoms with Gasteiger partial charge in [0.15, 0.2) is 0 Å². The molecule has 4 nitrogen and oxygen atoms in total. The summed E-state index contributed by atoms with van der Waals surface area (Å²) in [4.78, 5) is 0. The fourth-order valence-corrected chi connectivity index (χ4v) is 3.34. The highest BCUT2D eigenvalue weighted by atomic mass is 35.5. The summed E-state index contributed by atoms with van der Waals surface area (Å²) in [5.74, 6) is 0.767. The second kappa shape index (κ2) is 5.48. The van der Waals surface area contributed by atoms with E-state index in [1.165, 1.54) is 0 Å². The number of rotatable bonds is 5. The van der Waals surface area contributed by atoms with Crippen LogP contribution in [0.1, 0.15) is 25.7 Å². The highest BCUT2D eigenvalue weighted by Crippen LogP contribution is 2.29. The molecule has 1 saturated carbocycles. The third kappa shape index (κ3) is 4.68. The zero-order valence-electron chi connectivity index (χ0n) is 8.74. The van der Waals surface area contributed by atoms with E-state index in [-0.39, 0.29) is 12.4 Å². The molecule has 1 unspecified atom stereocenters. The molecule has 2 N–H and O–H groups in total.